The third-order valence-corrected chi connectivity index (χ3v) is 4.89. The lowest BCUT2D eigenvalue weighted by molar-refractivity contribution is 0.122. The Hall–Kier alpha value is -2.58. The van der Waals surface area contributed by atoms with Crippen LogP contribution in [-0.4, -0.2) is 48.6 Å². The summed E-state index contributed by atoms with van der Waals surface area (Å²) in [6.07, 6.45) is 0. The minimum atomic E-state index is 0.506. The zero-order valence-electron chi connectivity index (χ0n) is 14.9. The number of aromatic nitrogens is 3. The first-order valence-electron chi connectivity index (χ1n) is 8.69. The van der Waals surface area contributed by atoms with Crippen LogP contribution >= 0.6 is 15.9 Å². The zero-order valence-corrected chi connectivity index (χ0v) is 16.5. The van der Waals surface area contributed by atoms with E-state index in [2.05, 4.69) is 53.5 Å². The predicted molar refractivity (Wildman–Crippen MR) is 109 cm³/mol. The van der Waals surface area contributed by atoms with Gasteiger partial charge in [0.2, 0.25) is 5.95 Å². The number of methoxy groups -OCH3 is 1. The van der Waals surface area contributed by atoms with E-state index < -0.39 is 0 Å². The molecule has 140 valence electrons. The number of aromatic amines is 1. The van der Waals surface area contributed by atoms with Crippen LogP contribution in [0, 0.1) is 0 Å². The van der Waals surface area contributed by atoms with Crippen LogP contribution in [0.5, 0.6) is 5.75 Å². The van der Waals surface area contributed by atoms with Crippen molar-refractivity contribution in [3.63, 3.8) is 0 Å². The van der Waals surface area contributed by atoms with Crippen LogP contribution < -0.4 is 15.0 Å². The Balaban J connectivity index is 1.49. The minimum Gasteiger partial charge on any atom is -0.496 e. The van der Waals surface area contributed by atoms with Crippen molar-refractivity contribution in [3.8, 4) is 17.1 Å². The van der Waals surface area contributed by atoms with E-state index in [0.717, 1.165) is 47.8 Å². The van der Waals surface area contributed by atoms with E-state index in [-0.39, 0.29) is 0 Å². The van der Waals surface area contributed by atoms with E-state index >= 15 is 0 Å². The minimum absolute atomic E-state index is 0.506. The molecule has 2 heterocycles. The molecule has 1 aliphatic rings. The molecule has 27 heavy (non-hydrogen) atoms. The maximum atomic E-state index is 5.41. The van der Waals surface area contributed by atoms with Crippen molar-refractivity contribution in [2.24, 2.45) is 0 Å². The summed E-state index contributed by atoms with van der Waals surface area (Å²) in [5.74, 6) is 1.88. The molecule has 1 aromatic heterocycles. The Morgan fingerprint density at radius 3 is 2.67 bits per heavy atom. The van der Waals surface area contributed by atoms with Gasteiger partial charge in [-0.2, -0.15) is 4.98 Å². The van der Waals surface area contributed by atoms with E-state index in [9.17, 15) is 0 Å². The van der Waals surface area contributed by atoms with Gasteiger partial charge in [0.05, 0.1) is 25.9 Å². The maximum absolute atomic E-state index is 5.41. The number of hydrogen-bond donors (Lipinski definition) is 2. The number of nitrogens with one attached hydrogen (secondary N) is 2. The number of halogens is 1. The molecule has 1 fully saturated rings. The van der Waals surface area contributed by atoms with Gasteiger partial charge in [0.15, 0.2) is 5.82 Å². The summed E-state index contributed by atoms with van der Waals surface area (Å²) in [4.78, 5) is 6.85. The monoisotopic (exact) mass is 429 g/mol. The Morgan fingerprint density at radius 2 is 1.93 bits per heavy atom. The number of rotatable bonds is 5. The molecule has 0 amide bonds. The van der Waals surface area contributed by atoms with Gasteiger partial charge in [0.25, 0.3) is 0 Å². The lowest BCUT2D eigenvalue weighted by Crippen LogP contribution is -2.36. The maximum Gasteiger partial charge on any atom is 0.246 e. The topological polar surface area (TPSA) is 75.3 Å². The Bertz CT molecular complexity index is 907. The first kappa shape index (κ1) is 17.8. The molecule has 0 atom stereocenters. The average molecular weight is 430 g/mol. The first-order chi connectivity index (χ1) is 13.2. The van der Waals surface area contributed by atoms with E-state index in [4.69, 9.17) is 9.47 Å². The van der Waals surface area contributed by atoms with Crippen molar-refractivity contribution >= 4 is 33.3 Å². The number of morpholine rings is 1. The fourth-order valence-electron chi connectivity index (χ4n) is 3.01. The summed E-state index contributed by atoms with van der Waals surface area (Å²) in [5, 5.41) is 10.4. The summed E-state index contributed by atoms with van der Waals surface area (Å²) < 4.78 is 11.8. The van der Waals surface area contributed by atoms with Crippen LogP contribution in [0.2, 0.25) is 0 Å². The van der Waals surface area contributed by atoms with Crippen LogP contribution in [0.1, 0.15) is 0 Å². The molecule has 0 bridgehead atoms. The second kappa shape index (κ2) is 7.98. The van der Waals surface area contributed by atoms with Gasteiger partial charge in [0, 0.05) is 28.9 Å². The highest BCUT2D eigenvalue weighted by atomic mass is 79.9. The van der Waals surface area contributed by atoms with Crippen molar-refractivity contribution in [1.82, 2.24) is 15.2 Å². The number of ether oxygens (including phenoxy) is 2. The molecule has 7 nitrogen and oxygen atoms in total. The van der Waals surface area contributed by atoms with Crippen LogP contribution in [0.4, 0.5) is 17.3 Å². The van der Waals surface area contributed by atoms with Crippen LogP contribution in [0.3, 0.4) is 0 Å². The molecule has 2 N–H and O–H groups in total. The number of hydrogen-bond acceptors (Lipinski definition) is 6. The largest absolute Gasteiger partial charge is 0.496 e. The van der Waals surface area contributed by atoms with Crippen molar-refractivity contribution in [1.29, 1.82) is 0 Å². The highest BCUT2D eigenvalue weighted by molar-refractivity contribution is 9.10. The van der Waals surface area contributed by atoms with Crippen LogP contribution in [-0.2, 0) is 4.74 Å². The summed E-state index contributed by atoms with van der Waals surface area (Å²) in [6.45, 7) is 3.40. The summed E-state index contributed by atoms with van der Waals surface area (Å²) in [6, 6.07) is 14.0. The molecule has 1 aliphatic heterocycles. The van der Waals surface area contributed by atoms with E-state index in [0.29, 0.717) is 11.8 Å². The second-order valence-electron chi connectivity index (χ2n) is 6.12. The highest BCUT2D eigenvalue weighted by Gasteiger charge is 2.13. The Kier molecular flexibility index (Phi) is 5.26. The van der Waals surface area contributed by atoms with Gasteiger partial charge in [0.1, 0.15) is 5.75 Å². The van der Waals surface area contributed by atoms with Gasteiger partial charge in [-0.1, -0.05) is 15.9 Å². The average Bonchev–Trinajstić information content (AvgIpc) is 3.17. The predicted octanol–water partition coefficient (Wildman–Crippen LogP) is 3.82. The van der Waals surface area contributed by atoms with Crippen molar-refractivity contribution < 1.29 is 9.47 Å². The first-order valence-corrected chi connectivity index (χ1v) is 9.48. The number of H-pyrrole nitrogens is 1. The number of anilines is 3. The smallest absolute Gasteiger partial charge is 0.246 e. The summed E-state index contributed by atoms with van der Waals surface area (Å²) in [5.41, 5.74) is 2.97. The van der Waals surface area contributed by atoms with Crippen LogP contribution in [0.25, 0.3) is 11.4 Å². The third kappa shape index (κ3) is 4.06. The van der Waals surface area contributed by atoms with Gasteiger partial charge in [-0.15, -0.1) is 5.10 Å². The molecule has 3 aromatic rings. The number of nitrogens with zero attached hydrogens (tertiary/aromatic N) is 3. The van der Waals surface area contributed by atoms with Gasteiger partial charge in [-0.3, -0.25) is 5.10 Å². The van der Waals surface area contributed by atoms with Crippen molar-refractivity contribution in [2.75, 3.05) is 43.6 Å². The highest BCUT2D eigenvalue weighted by Crippen LogP contribution is 2.31. The third-order valence-electron chi connectivity index (χ3n) is 4.40. The summed E-state index contributed by atoms with van der Waals surface area (Å²) in [7, 11) is 1.64. The quantitative estimate of drug-likeness (QED) is 0.641. The normalized spacial score (nSPS) is 14.2. The van der Waals surface area contributed by atoms with Gasteiger partial charge >= 0.3 is 0 Å². The molecular formula is C19H20BrN5O2. The van der Waals surface area contributed by atoms with E-state index in [1.807, 2.05) is 30.3 Å². The van der Waals surface area contributed by atoms with Crippen LogP contribution in [0.15, 0.2) is 46.9 Å². The van der Waals surface area contributed by atoms with E-state index in [1.165, 1.54) is 5.69 Å². The SMILES string of the molecule is COc1ccc(Br)cc1-c1nc(Nc2ccc(N3CCOCC3)cc2)n[nH]1. The standard InChI is InChI=1S/C19H20BrN5O2/c1-26-17-7-2-13(20)12-16(17)18-22-19(24-23-18)21-14-3-5-15(6-4-14)25-8-10-27-11-9-25/h2-7,12H,8-11H2,1H3,(H2,21,22,23,24). The summed E-state index contributed by atoms with van der Waals surface area (Å²) >= 11 is 3.48. The van der Waals surface area contributed by atoms with Crippen molar-refractivity contribution in [3.05, 3.63) is 46.9 Å². The molecule has 4 rings (SSSR count). The molecule has 8 heteroatoms. The van der Waals surface area contributed by atoms with Gasteiger partial charge in [-0.25, -0.2) is 0 Å². The second-order valence-corrected chi connectivity index (χ2v) is 7.04. The lowest BCUT2D eigenvalue weighted by Gasteiger charge is -2.28. The lowest BCUT2D eigenvalue weighted by atomic mass is 10.2. The van der Waals surface area contributed by atoms with Crippen molar-refractivity contribution in [2.45, 2.75) is 0 Å². The Labute approximate surface area is 165 Å². The molecule has 0 spiro atoms. The van der Waals surface area contributed by atoms with Gasteiger partial charge < -0.3 is 19.7 Å². The molecule has 0 radical (unpaired) electrons. The molecule has 2 aromatic carbocycles. The molecule has 0 saturated carbocycles. The molecular weight excluding hydrogens is 410 g/mol. The molecule has 0 unspecified atom stereocenters. The van der Waals surface area contributed by atoms with Gasteiger partial charge in [-0.05, 0) is 42.5 Å². The number of benzene rings is 2. The zero-order chi connectivity index (χ0) is 18.6. The molecule has 0 aliphatic carbocycles. The van der Waals surface area contributed by atoms with E-state index in [1.54, 1.807) is 7.11 Å². The fourth-order valence-corrected chi connectivity index (χ4v) is 3.37. The Morgan fingerprint density at radius 1 is 1.15 bits per heavy atom. The fraction of sp³-hybridized carbons (Fsp3) is 0.263. The molecule has 1 saturated heterocycles.